The zero-order chi connectivity index (χ0) is 15.7. The maximum Gasteiger partial charge on any atom is 0.243 e. The number of aryl methyl sites for hydroxylation is 1. The summed E-state index contributed by atoms with van der Waals surface area (Å²) >= 11 is 5.90. The maximum absolute atomic E-state index is 12.6. The Balaban J connectivity index is 2.24. The monoisotopic (exact) mass is 333 g/mol. The molecule has 1 N–H and O–H groups in total. The van der Waals surface area contributed by atoms with Crippen LogP contribution >= 0.6 is 11.6 Å². The number of aliphatic hydroxyl groups is 1. The molecule has 21 heavy (non-hydrogen) atoms. The van der Waals surface area contributed by atoms with Crippen LogP contribution in [0.5, 0.6) is 0 Å². The van der Waals surface area contributed by atoms with E-state index in [1.165, 1.54) is 17.4 Å². The van der Waals surface area contributed by atoms with E-state index in [9.17, 15) is 13.5 Å². The third kappa shape index (κ3) is 3.76. The van der Waals surface area contributed by atoms with E-state index in [0.717, 1.165) is 0 Å². The van der Waals surface area contributed by atoms with Gasteiger partial charge in [-0.05, 0) is 24.6 Å². The van der Waals surface area contributed by atoms with Crippen LogP contribution in [0.2, 0.25) is 5.02 Å². The van der Waals surface area contributed by atoms with Crippen molar-refractivity contribution in [3.05, 3.63) is 28.8 Å². The van der Waals surface area contributed by atoms with E-state index < -0.39 is 15.6 Å². The van der Waals surface area contributed by atoms with Crippen LogP contribution in [0, 0.1) is 6.92 Å². The fraction of sp³-hybridized carbons (Fsp3) is 0.571. The second kappa shape index (κ2) is 6.22. The number of nitrogens with zero attached hydrogens (tertiary/aromatic N) is 1. The first-order valence-electron chi connectivity index (χ1n) is 6.77. The van der Waals surface area contributed by atoms with Crippen molar-refractivity contribution < 1.29 is 18.3 Å². The van der Waals surface area contributed by atoms with Gasteiger partial charge in [-0.2, -0.15) is 4.31 Å². The highest BCUT2D eigenvalue weighted by atomic mass is 35.5. The van der Waals surface area contributed by atoms with Gasteiger partial charge in [-0.1, -0.05) is 17.7 Å². The molecule has 0 unspecified atom stereocenters. The van der Waals surface area contributed by atoms with Gasteiger partial charge in [-0.15, -0.1) is 0 Å². The molecular formula is C14H20ClNO4S. The second-order valence-electron chi connectivity index (χ2n) is 5.51. The van der Waals surface area contributed by atoms with Crippen molar-refractivity contribution in [3.63, 3.8) is 0 Å². The van der Waals surface area contributed by atoms with Crippen LogP contribution in [0.25, 0.3) is 0 Å². The predicted octanol–water partition coefficient (Wildman–Crippen LogP) is 1.81. The molecule has 1 aliphatic heterocycles. The van der Waals surface area contributed by atoms with Crippen molar-refractivity contribution >= 4 is 21.6 Å². The molecule has 0 bridgehead atoms. The molecule has 5 nitrogen and oxygen atoms in total. The lowest BCUT2D eigenvalue weighted by Crippen LogP contribution is -2.47. The van der Waals surface area contributed by atoms with E-state index in [1.807, 2.05) is 0 Å². The fourth-order valence-corrected chi connectivity index (χ4v) is 4.16. The van der Waals surface area contributed by atoms with Gasteiger partial charge in [0.1, 0.15) is 0 Å². The van der Waals surface area contributed by atoms with Gasteiger partial charge in [0.2, 0.25) is 10.0 Å². The lowest BCUT2D eigenvalue weighted by Gasteiger charge is -2.35. The van der Waals surface area contributed by atoms with Gasteiger partial charge < -0.3 is 9.84 Å². The Morgan fingerprint density at radius 2 is 2.00 bits per heavy atom. The zero-order valence-corrected chi connectivity index (χ0v) is 13.7. The number of hydrogen-bond donors (Lipinski definition) is 1. The van der Waals surface area contributed by atoms with Gasteiger partial charge in [0.05, 0.1) is 10.5 Å². The van der Waals surface area contributed by atoms with E-state index >= 15 is 0 Å². The van der Waals surface area contributed by atoms with Crippen molar-refractivity contribution in [2.24, 2.45) is 0 Å². The summed E-state index contributed by atoms with van der Waals surface area (Å²) in [6.45, 7) is 2.66. The van der Waals surface area contributed by atoms with Gasteiger partial charge in [-0.3, -0.25) is 0 Å². The predicted molar refractivity (Wildman–Crippen MR) is 81.0 cm³/mol. The minimum Gasteiger partial charge on any atom is -0.388 e. The number of rotatable bonds is 4. The van der Waals surface area contributed by atoms with Crippen LogP contribution in [0.15, 0.2) is 23.1 Å². The molecule has 2 rings (SSSR count). The molecule has 1 saturated heterocycles. The van der Waals surface area contributed by atoms with Crippen LogP contribution in [-0.4, -0.2) is 50.2 Å². The van der Waals surface area contributed by atoms with Crippen LogP contribution in [-0.2, 0) is 14.8 Å². The lowest BCUT2D eigenvalue weighted by atomic mass is 9.95. The molecule has 0 atom stereocenters. The summed E-state index contributed by atoms with van der Waals surface area (Å²) in [5.74, 6) is 0. The smallest absolute Gasteiger partial charge is 0.243 e. The quantitative estimate of drug-likeness (QED) is 0.912. The number of likely N-dealkylation sites (N-methyl/N-ethyl adjacent to an activating group) is 1. The van der Waals surface area contributed by atoms with Crippen molar-refractivity contribution in [2.45, 2.75) is 30.3 Å². The number of ether oxygens (including phenoxy) is 1. The first-order valence-corrected chi connectivity index (χ1v) is 8.59. The molecule has 0 radical (unpaired) electrons. The first-order chi connectivity index (χ1) is 9.74. The molecule has 0 amide bonds. The summed E-state index contributed by atoms with van der Waals surface area (Å²) in [6.07, 6.45) is 0.864. The fourth-order valence-electron chi connectivity index (χ4n) is 2.43. The molecule has 1 aromatic rings. The molecule has 0 aliphatic carbocycles. The third-order valence-electron chi connectivity index (χ3n) is 3.78. The van der Waals surface area contributed by atoms with E-state index in [0.29, 0.717) is 36.6 Å². The Labute approximate surface area is 130 Å². The Hall–Kier alpha value is -0.660. The summed E-state index contributed by atoms with van der Waals surface area (Å²) in [6, 6.07) is 4.77. The molecule has 7 heteroatoms. The number of halogens is 1. The van der Waals surface area contributed by atoms with E-state index in [1.54, 1.807) is 19.1 Å². The molecular weight excluding hydrogens is 314 g/mol. The summed E-state index contributed by atoms with van der Waals surface area (Å²) in [4.78, 5) is 0.174. The highest BCUT2D eigenvalue weighted by Gasteiger charge is 2.35. The normalized spacial score (nSPS) is 18.9. The summed E-state index contributed by atoms with van der Waals surface area (Å²) < 4.78 is 31.7. The number of sulfonamides is 1. The lowest BCUT2D eigenvalue weighted by molar-refractivity contribution is -0.0689. The summed E-state index contributed by atoms with van der Waals surface area (Å²) in [5, 5.41) is 10.8. The molecule has 1 heterocycles. The van der Waals surface area contributed by atoms with Gasteiger partial charge in [0, 0.05) is 44.7 Å². The third-order valence-corrected chi connectivity index (χ3v) is 5.96. The largest absolute Gasteiger partial charge is 0.388 e. The molecule has 118 valence electrons. The van der Waals surface area contributed by atoms with E-state index in [-0.39, 0.29) is 11.4 Å². The highest BCUT2D eigenvalue weighted by Crippen LogP contribution is 2.27. The first kappa shape index (κ1) is 16.7. The summed E-state index contributed by atoms with van der Waals surface area (Å²) in [5.41, 5.74) is -0.405. The van der Waals surface area contributed by atoms with Gasteiger partial charge >= 0.3 is 0 Å². The Morgan fingerprint density at radius 3 is 2.62 bits per heavy atom. The SMILES string of the molecule is Cc1ccc(Cl)cc1S(=O)(=O)N(C)CC1(O)CCOCC1. The van der Waals surface area contributed by atoms with Crippen molar-refractivity contribution in [1.29, 1.82) is 0 Å². The van der Waals surface area contributed by atoms with Gasteiger partial charge in [-0.25, -0.2) is 8.42 Å². The maximum atomic E-state index is 12.6. The zero-order valence-electron chi connectivity index (χ0n) is 12.2. The van der Waals surface area contributed by atoms with E-state index in [4.69, 9.17) is 16.3 Å². The van der Waals surface area contributed by atoms with Crippen LogP contribution in [0.4, 0.5) is 0 Å². The number of benzene rings is 1. The Morgan fingerprint density at radius 1 is 1.38 bits per heavy atom. The molecule has 1 aliphatic rings. The standard InChI is InChI=1S/C14H20ClNO4S/c1-11-3-4-12(15)9-13(11)21(18,19)16(2)10-14(17)5-7-20-8-6-14/h3-4,9,17H,5-8,10H2,1-2H3. The van der Waals surface area contributed by atoms with Crippen LogP contribution in [0.3, 0.4) is 0 Å². The minimum absolute atomic E-state index is 0.0463. The van der Waals surface area contributed by atoms with Gasteiger partial charge in [0.25, 0.3) is 0 Å². The topological polar surface area (TPSA) is 66.8 Å². The molecule has 0 aromatic heterocycles. The van der Waals surface area contributed by atoms with Crippen molar-refractivity contribution in [3.8, 4) is 0 Å². The number of hydrogen-bond acceptors (Lipinski definition) is 4. The summed E-state index contributed by atoms with van der Waals surface area (Å²) in [7, 11) is -2.21. The molecule has 0 spiro atoms. The van der Waals surface area contributed by atoms with Crippen molar-refractivity contribution in [1.82, 2.24) is 4.31 Å². The van der Waals surface area contributed by atoms with Gasteiger partial charge in [0.15, 0.2) is 0 Å². The van der Waals surface area contributed by atoms with E-state index in [2.05, 4.69) is 0 Å². The molecule has 1 fully saturated rings. The van der Waals surface area contributed by atoms with Crippen LogP contribution < -0.4 is 0 Å². The highest BCUT2D eigenvalue weighted by molar-refractivity contribution is 7.89. The second-order valence-corrected chi connectivity index (χ2v) is 7.96. The Kier molecular flexibility index (Phi) is 4.95. The molecule has 1 aromatic carbocycles. The average Bonchev–Trinajstić information content (AvgIpc) is 2.41. The average molecular weight is 334 g/mol. The van der Waals surface area contributed by atoms with Crippen molar-refractivity contribution in [2.75, 3.05) is 26.8 Å². The Bertz CT molecular complexity index is 611. The van der Waals surface area contributed by atoms with Crippen LogP contribution in [0.1, 0.15) is 18.4 Å². The molecule has 0 saturated carbocycles. The minimum atomic E-state index is -3.68.